The Balaban J connectivity index is 2.10. The van der Waals surface area contributed by atoms with E-state index in [-0.39, 0.29) is 23.9 Å². The van der Waals surface area contributed by atoms with Gasteiger partial charge in [0, 0.05) is 30.6 Å². The maximum absolute atomic E-state index is 11.5. The Kier molecular flexibility index (Phi) is 5.62. The molecule has 1 heterocycles. The molecule has 0 aromatic rings. The molecule has 0 spiro atoms. The van der Waals surface area contributed by atoms with Crippen LogP contribution in [0.25, 0.3) is 0 Å². The van der Waals surface area contributed by atoms with Crippen molar-refractivity contribution in [3.63, 3.8) is 0 Å². The average molecular weight is 245 g/mol. The molecule has 2 amide bonds. The van der Waals surface area contributed by atoms with Crippen LogP contribution in [0.3, 0.4) is 0 Å². The number of thioether (sulfide) groups is 1. The van der Waals surface area contributed by atoms with Gasteiger partial charge in [-0.25, -0.2) is 0 Å². The lowest BCUT2D eigenvalue weighted by molar-refractivity contribution is -0.123. The van der Waals surface area contributed by atoms with Gasteiger partial charge in [0.25, 0.3) is 0 Å². The second-order valence-corrected chi connectivity index (χ2v) is 5.07. The van der Waals surface area contributed by atoms with Crippen LogP contribution in [0.15, 0.2) is 0 Å². The first kappa shape index (κ1) is 13.3. The van der Waals surface area contributed by atoms with Gasteiger partial charge < -0.3 is 10.6 Å². The molecule has 1 atom stereocenters. The molecular formula is C10H19N3O2S. The van der Waals surface area contributed by atoms with Gasteiger partial charge in [0.15, 0.2) is 0 Å². The predicted octanol–water partition coefficient (Wildman–Crippen LogP) is -0.320. The van der Waals surface area contributed by atoms with E-state index in [0.717, 1.165) is 11.6 Å². The Morgan fingerprint density at radius 1 is 1.50 bits per heavy atom. The van der Waals surface area contributed by atoms with Crippen molar-refractivity contribution >= 4 is 23.6 Å². The molecule has 6 heteroatoms. The fraction of sp³-hybridized carbons (Fsp3) is 0.800. The predicted molar refractivity (Wildman–Crippen MR) is 65.2 cm³/mol. The van der Waals surface area contributed by atoms with Crippen molar-refractivity contribution in [3.05, 3.63) is 0 Å². The first-order valence-corrected chi connectivity index (χ1v) is 6.63. The van der Waals surface area contributed by atoms with Crippen molar-refractivity contribution < 1.29 is 9.59 Å². The Hall–Kier alpha value is -0.750. The van der Waals surface area contributed by atoms with E-state index < -0.39 is 0 Å². The van der Waals surface area contributed by atoms with Crippen LogP contribution < -0.4 is 16.0 Å². The maximum atomic E-state index is 11.5. The SMILES string of the molecule is CC(C)NC(=O)CCNC(=O)C1CSCN1. The number of amides is 2. The standard InChI is InChI=1S/C10H19N3O2S/c1-7(2)13-9(14)3-4-11-10(15)8-5-16-6-12-8/h7-8,12H,3-6H2,1-2H3,(H,11,15)(H,13,14). The van der Waals surface area contributed by atoms with Crippen molar-refractivity contribution in [2.45, 2.75) is 32.4 Å². The van der Waals surface area contributed by atoms with E-state index in [9.17, 15) is 9.59 Å². The molecule has 1 aliphatic heterocycles. The third kappa shape index (κ3) is 4.85. The van der Waals surface area contributed by atoms with Crippen molar-refractivity contribution in [2.75, 3.05) is 18.2 Å². The zero-order valence-electron chi connectivity index (χ0n) is 9.71. The van der Waals surface area contributed by atoms with Gasteiger partial charge in [0.2, 0.25) is 11.8 Å². The van der Waals surface area contributed by atoms with Crippen molar-refractivity contribution in [1.29, 1.82) is 0 Å². The third-order valence-corrected chi connectivity index (χ3v) is 3.07. The second kappa shape index (κ2) is 6.75. The summed E-state index contributed by atoms with van der Waals surface area (Å²) >= 11 is 1.71. The molecule has 1 aliphatic rings. The molecule has 1 fully saturated rings. The Labute approximate surface area is 100 Å². The minimum atomic E-state index is -0.0989. The summed E-state index contributed by atoms with van der Waals surface area (Å²) in [6, 6.07) is 0.0502. The summed E-state index contributed by atoms with van der Waals surface area (Å²) in [6.07, 6.45) is 0.337. The molecule has 0 bridgehead atoms. The fourth-order valence-corrected chi connectivity index (χ4v) is 2.32. The molecule has 0 aliphatic carbocycles. The van der Waals surface area contributed by atoms with E-state index in [1.807, 2.05) is 13.8 Å². The molecule has 1 unspecified atom stereocenters. The minimum absolute atomic E-state index is 0.0117. The Morgan fingerprint density at radius 3 is 2.81 bits per heavy atom. The summed E-state index contributed by atoms with van der Waals surface area (Å²) < 4.78 is 0. The maximum Gasteiger partial charge on any atom is 0.238 e. The van der Waals surface area contributed by atoms with Crippen LogP contribution in [0.5, 0.6) is 0 Å². The van der Waals surface area contributed by atoms with E-state index in [4.69, 9.17) is 0 Å². The largest absolute Gasteiger partial charge is 0.354 e. The van der Waals surface area contributed by atoms with E-state index in [2.05, 4.69) is 16.0 Å². The van der Waals surface area contributed by atoms with Crippen LogP contribution in [0.1, 0.15) is 20.3 Å². The highest BCUT2D eigenvalue weighted by atomic mass is 32.2. The van der Waals surface area contributed by atoms with Crippen LogP contribution in [-0.4, -0.2) is 42.1 Å². The number of hydrogen-bond donors (Lipinski definition) is 3. The lowest BCUT2D eigenvalue weighted by Gasteiger charge is -2.11. The summed E-state index contributed by atoms with van der Waals surface area (Å²) in [5.41, 5.74) is 0. The average Bonchev–Trinajstić information content (AvgIpc) is 2.68. The van der Waals surface area contributed by atoms with Crippen molar-refractivity contribution in [3.8, 4) is 0 Å². The second-order valence-electron chi connectivity index (χ2n) is 4.04. The summed E-state index contributed by atoms with van der Waals surface area (Å²) in [6.45, 7) is 4.23. The van der Waals surface area contributed by atoms with E-state index in [1.54, 1.807) is 11.8 Å². The van der Waals surface area contributed by atoms with Gasteiger partial charge >= 0.3 is 0 Å². The molecule has 1 saturated heterocycles. The van der Waals surface area contributed by atoms with E-state index in [1.165, 1.54) is 0 Å². The van der Waals surface area contributed by atoms with Crippen LogP contribution in [-0.2, 0) is 9.59 Å². The number of nitrogens with one attached hydrogen (secondary N) is 3. The van der Waals surface area contributed by atoms with Crippen LogP contribution in [0.4, 0.5) is 0 Å². The first-order valence-electron chi connectivity index (χ1n) is 5.48. The van der Waals surface area contributed by atoms with Gasteiger partial charge in [-0.05, 0) is 13.8 Å². The van der Waals surface area contributed by atoms with Crippen LogP contribution in [0.2, 0.25) is 0 Å². The highest BCUT2D eigenvalue weighted by molar-refractivity contribution is 7.99. The molecule has 3 N–H and O–H groups in total. The van der Waals surface area contributed by atoms with Crippen LogP contribution in [0, 0.1) is 0 Å². The zero-order chi connectivity index (χ0) is 12.0. The summed E-state index contributed by atoms with van der Waals surface area (Å²) in [5.74, 6) is 1.60. The monoisotopic (exact) mass is 245 g/mol. The smallest absolute Gasteiger partial charge is 0.238 e. The van der Waals surface area contributed by atoms with Gasteiger partial charge in [-0.3, -0.25) is 14.9 Å². The lowest BCUT2D eigenvalue weighted by Crippen LogP contribution is -2.43. The number of rotatable bonds is 5. The summed E-state index contributed by atoms with van der Waals surface area (Å²) in [7, 11) is 0. The van der Waals surface area contributed by atoms with Crippen LogP contribution >= 0.6 is 11.8 Å². The van der Waals surface area contributed by atoms with Gasteiger partial charge in [-0.15, -0.1) is 11.8 Å². The lowest BCUT2D eigenvalue weighted by atomic mass is 10.3. The van der Waals surface area contributed by atoms with Crippen molar-refractivity contribution in [1.82, 2.24) is 16.0 Å². The third-order valence-electron chi connectivity index (χ3n) is 2.13. The van der Waals surface area contributed by atoms with Gasteiger partial charge in [-0.1, -0.05) is 0 Å². The first-order chi connectivity index (χ1) is 7.59. The molecule has 0 aromatic carbocycles. The normalized spacial score (nSPS) is 19.8. The summed E-state index contributed by atoms with van der Waals surface area (Å²) in [5, 5.41) is 8.61. The van der Waals surface area contributed by atoms with Crippen molar-refractivity contribution in [2.24, 2.45) is 0 Å². The molecular weight excluding hydrogens is 226 g/mol. The topological polar surface area (TPSA) is 70.2 Å². The summed E-state index contributed by atoms with van der Waals surface area (Å²) in [4.78, 5) is 22.8. The van der Waals surface area contributed by atoms with Gasteiger partial charge in [0.05, 0.1) is 6.04 Å². The Morgan fingerprint density at radius 2 is 2.25 bits per heavy atom. The van der Waals surface area contributed by atoms with E-state index in [0.29, 0.717) is 13.0 Å². The molecule has 92 valence electrons. The van der Waals surface area contributed by atoms with Gasteiger partial charge in [0.1, 0.15) is 0 Å². The number of hydrogen-bond acceptors (Lipinski definition) is 4. The molecule has 1 rings (SSSR count). The molecule has 0 saturated carbocycles. The molecule has 5 nitrogen and oxygen atoms in total. The molecule has 16 heavy (non-hydrogen) atoms. The number of carbonyl (C=O) groups excluding carboxylic acids is 2. The minimum Gasteiger partial charge on any atom is -0.354 e. The molecule has 0 radical (unpaired) electrons. The quantitative estimate of drug-likeness (QED) is 0.621. The zero-order valence-corrected chi connectivity index (χ0v) is 10.5. The highest BCUT2D eigenvalue weighted by Gasteiger charge is 2.21. The van der Waals surface area contributed by atoms with E-state index >= 15 is 0 Å². The molecule has 0 aromatic heterocycles. The highest BCUT2D eigenvalue weighted by Crippen LogP contribution is 2.08. The number of carbonyl (C=O) groups is 2. The Bertz CT molecular complexity index is 252. The fourth-order valence-electron chi connectivity index (χ4n) is 1.38. The van der Waals surface area contributed by atoms with Gasteiger partial charge in [-0.2, -0.15) is 0 Å².